The molecule has 5 heteroatoms. The Morgan fingerprint density at radius 1 is 1.11 bits per heavy atom. The Balaban J connectivity index is 1.70. The molecule has 3 N–H and O–H groups in total. The number of aromatic nitrogens is 1. The first-order chi connectivity index (χ1) is 13.1. The van der Waals surface area contributed by atoms with Gasteiger partial charge < -0.3 is 19.9 Å². The number of aliphatic hydroxyl groups excluding tert-OH is 1. The molecule has 3 rings (SSSR count). The van der Waals surface area contributed by atoms with Crippen LogP contribution < -0.4 is 4.74 Å². The Hall–Kier alpha value is -3.73. The van der Waals surface area contributed by atoms with E-state index in [1.165, 1.54) is 25.3 Å². The fraction of sp³-hybridized carbons (Fsp3) is 0.0455. The minimum absolute atomic E-state index is 0.0288. The van der Waals surface area contributed by atoms with Gasteiger partial charge in [-0.3, -0.25) is 4.79 Å². The largest absolute Gasteiger partial charge is 0.508 e. The Morgan fingerprint density at radius 3 is 2.78 bits per heavy atom. The van der Waals surface area contributed by atoms with Crippen molar-refractivity contribution in [2.75, 3.05) is 7.11 Å². The molecule has 27 heavy (non-hydrogen) atoms. The molecule has 0 unspecified atom stereocenters. The first kappa shape index (κ1) is 18.1. The highest BCUT2D eigenvalue weighted by atomic mass is 16.5. The zero-order valence-corrected chi connectivity index (χ0v) is 14.7. The van der Waals surface area contributed by atoms with E-state index in [1.54, 1.807) is 24.3 Å². The van der Waals surface area contributed by atoms with Crippen LogP contribution in [0.1, 0.15) is 11.1 Å². The molecule has 0 amide bonds. The van der Waals surface area contributed by atoms with Gasteiger partial charge in [-0.15, -0.1) is 0 Å². The molecule has 0 spiro atoms. The second kappa shape index (κ2) is 8.10. The van der Waals surface area contributed by atoms with E-state index in [0.717, 1.165) is 22.5 Å². The SMILES string of the molecule is COc1cc(/C=C/C(=O)/C=C(O)/C=C/c2cccc3[nH]ccc23)ccc1O. The van der Waals surface area contributed by atoms with E-state index >= 15 is 0 Å². The summed E-state index contributed by atoms with van der Waals surface area (Å²) >= 11 is 0. The number of methoxy groups -OCH3 is 1. The van der Waals surface area contributed by atoms with E-state index in [4.69, 9.17) is 4.74 Å². The fourth-order valence-corrected chi connectivity index (χ4v) is 2.65. The lowest BCUT2D eigenvalue weighted by atomic mass is 10.1. The van der Waals surface area contributed by atoms with Gasteiger partial charge in [-0.05, 0) is 47.5 Å². The number of benzene rings is 2. The van der Waals surface area contributed by atoms with Crippen LogP contribution >= 0.6 is 0 Å². The number of H-pyrrole nitrogens is 1. The summed E-state index contributed by atoms with van der Waals surface area (Å²) in [6.45, 7) is 0. The maximum absolute atomic E-state index is 12.0. The lowest BCUT2D eigenvalue weighted by Crippen LogP contribution is -1.89. The van der Waals surface area contributed by atoms with Crippen LogP contribution in [0.3, 0.4) is 0 Å². The Labute approximate surface area is 156 Å². The van der Waals surface area contributed by atoms with Gasteiger partial charge in [0.1, 0.15) is 5.76 Å². The van der Waals surface area contributed by atoms with Crippen LogP contribution in [0.15, 0.2) is 72.6 Å². The fourth-order valence-electron chi connectivity index (χ4n) is 2.65. The van der Waals surface area contributed by atoms with Crippen molar-refractivity contribution in [3.8, 4) is 11.5 Å². The number of hydrogen-bond donors (Lipinski definition) is 3. The highest BCUT2D eigenvalue weighted by molar-refractivity contribution is 6.02. The van der Waals surface area contributed by atoms with Gasteiger partial charge in [0.15, 0.2) is 17.3 Å². The number of carbonyl (C=O) groups excluding carboxylic acids is 1. The van der Waals surface area contributed by atoms with E-state index in [-0.39, 0.29) is 17.3 Å². The number of rotatable bonds is 6. The average molecular weight is 361 g/mol. The second-order valence-electron chi connectivity index (χ2n) is 5.86. The first-order valence-electron chi connectivity index (χ1n) is 8.31. The number of fused-ring (bicyclic) bond motifs is 1. The quantitative estimate of drug-likeness (QED) is 0.340. The van der Waals surface area contributed by atoms with E-state index in [0.29, 0.717) is 11.3 Å². The molecule has 0 aliphatic carbocycles. The minimum Gasteiger partial charge on any atom is -0.508 e. The topological polar surface area (TPSA) is 82.5 Å². The third-order valence-electron chi connectivity index (χ3n) is 4.00. The van der Waals surface area contributed by atoms with Crippen molar-refractivity contribution in [3.63, 3.8) is 0 Å². The Bertz CT molecular complexity index is 1060. The Morgan fingerprint density at radius 2 is 1.96 bits per heavy atom. The van der Waals surface area contributed by atoms with Crippen molar-refractivity contribution in [1.29, 1.82) is 0 Å². The lowest BCUT2D eigenvalue weighted by Gasteiger charge is -2.03. The van der Waals surface area contributed by atoms with Crippen molar-refractivity contribution in [2.24, 2.45) is 0 Å². The molecule has 0 radical (unpaired) electrons. The molecule has 1 heterocycles. The molecule has 0 fully saturated rings. The van der Waals surface area contributed by atoms with Gasteiger partial charge in [0.25, 0.3) is 0 Å². The number of aromatic amines is 1. The third kappa shape index (κ3) is 4.46. The molecule has 136 valence electrons. The normalized spacial score (nSPS) is 12.3. The molecule has 0 saturated heterocycles. The van der Waals surface area contributed by atoms with Gasteiger partial charge in [-0.1, -0.05) is 30.4 Å². The predicted octanol–water partition coefficient (Wildman–Crippen LogP) is 4.62. The number of ketones is 1. The molecule has 0 aliphatic rings. The summed E-state index contributed by atoms with van der Waals surface area (Å²) in [5.41, 5.74) is 2.64. The van der Waals surface area contributed by atoms with E-state index < -0.39 is 0 Å². The number of allylic oxidation sites excluding steroid dienone is 3. The van der Waals surface area contributed by atoms with Gasteiger partial charge in [0, 0.05) is 23.2 Å². The lowest BCUT2D eigenvalue weighted by molar-refractivity contribution is -0.110. The maximum atomic E-state index is 12.0. The van der Waals surface area contributed by atoms with Crippen molar-refractivity contribution < 1.29 is 19.7 Å². The summed E-state index contributed by atoms with van der Waals surface area (Å²) in [6, 6.07) is 12.5. The van der Waals surface area contributed by atoms with Gasteiger partial charge in [0.2, 0.25) is 0 Å². The number of aliphatic hydroxyl groups is 1. The molecular formula is C22H19NO4. The van der Waals surface area contributed by atoms with Gasteiger partial charge in [0.05, 0.1) is 7.11 Å². The molecule has 2 aromatic carbocycles. The average Bonchev–Trinajstić information content (AvgIpc) is 3.15. The smallest absolute Gasteiger partial charge is 0.182 e. The molecule has 5 nitrogen and oxygen atoms in total. The van der Waals surface area contributed by atoms with Crippen LogP contribution in [-0.2, 0) is 4.79 Å². The molecule has 0 saturated carbocycles. The summed E-state index contributed by atoms with van der Waals surface area (Å²) in [5.74, 6) is -0.143. The van der Waals surface area contributed by atoms with Crippen LogP contribution in [0.25, 0.3) is 23.1 Å². The number of nitrogens with one attached hydrogen (secondary N) is 1. The number of aromatic hydroxyl groups is 1. The number of phenols is 1. The molecule has 0 bridgehead atoms. The van der Waals surface area contributed by atoms with Crippen molar-refractivity contribution in [3.05, 3.63) is 83.8 Å². The zero-order chi connectivity index (χ0) is 19.2. The number of ether oxygens (including phenoxy) is 1. The summed E-state index contributed by atoms with van der Waals surface area (Å²) < 4.78 is 5.02. The van der Waals surface area contributed by atoms with Crippen LogP contribution in [0.4, 0.5) is 0 Å². The van der Waals surface area contributed by atoms with Gasteiger partial charge >= 0.3 is 0 Å². The van der Waals surface area contributed by atoms with Crippen molar-refractivity contribution >= 4 is 28.8 Å². The van der Waals surface area contributed by atoms with Gasteiger partial charge in [-0.25, -0.2) is 0 Å². The third-order valence-corrected chi connectivity index (χ3v) is 4.00. The second-order valence-corrected chi connectivity index (χ2v) is 5.86. The summed E-state index contributed by atoms with van der Waals surface area (Å²) in [5, 5.41) is 20.6. The van der Waals surface area contributed by atoms with Crippen LogP contribution in [-0.4, -0.2) is 28.1 Å². The van der Waals surface area contributed by atoms with Crippen LogP contribution in [0.2, 0.25) is 0 Å². The van der Waals surface area contributed by atoms with E-state index in [2.05, 4.69) is 4.98 Å². The van der Waals surface area contributed by atoms with E-state index in [1.807, 2.05) is 30.5 Å². The van der Waals surface area contributed by atoms with Crippen LogP contribution in [0, 0.1) is 0 Å². The zero-order valence-electron chi connectivity index (χ0n) is 14.7. The standard InChI is InChI=1S/C22H19NO4/c1-27-22-13-15(6-10-21(22)26)5-8-17(24)14-18(25)9-7-16-3-2-4-20-19(16)11-12-23-20/h2-14,23,25-26H,1H3/b8-5+,9-7+,18-14-. The molecule has 3 aromatic rings. The molecule has 0 aliphatic heterocycles. The van der Waals surface area contributed by atoms with Crippen LogP contribution in [0.5, 0.6) is 11.5 Å². The Kier molecular flexibility index (Phi) is 5.42. The monoisotopic (exact) mass is 361 g/mol. The molecule has 1 aromatic heterocycles. The first-order valence-corrected chi connectivity index (χ1v) is 8.31. The molecule has 0 atom stereocenters. The highest BCUT2D eigenvalue weighted by Gasteiger charge is 2.02. The van der Waals surface area contributed by atoms with Crippen molar-refractivity contribution in [2.45, 2.75) is 0 Å². The minimum atomic E-state index is -0.357. The number of carbonyl (C=O) groups is 1. The molecular weight excluding hydrogens is 342 g/mol. The van der Waals surface area contributed by atoms with Crippen molar-refractivity contribution in [1.82, 2.24) is 4.98 Å². The maximum Gasteiger partial charge on any atom is 0.182 e. The number of hydrogen-bond acceptors (Lipinski definition) is 4. The predicted molar refractivity (Wildman–Crippen MR) is 107 cm³/mol. The number of phenolic OH excluding ortho intramolecular Hbond substituents is 1. The summed E-state index contributed by atoms with van der Waals surface area (Å²) in [7, 11) is 1.45. The summed E-state index contributed by atoms with van der Waals surface area (Å²) in [6.07, 6.45) is 9.15. The van der Waals surface area contributed by atoms with E-state index in [9.17, 15) is 15.0 Å². The summed E-state index contributed by atoms with van der Waals surface area (Å²) in [4.78, 5) is 15.1. The van der Waals surface area contributed by atoms with Gasteiger partial charge in [-0.2, -0.15) is 0 Å². The highest BCUT2D eigenvalue weighted by Crippen LogP contribution is 2.26.